The molecule has 0 radical (unpaired) electrons. The van der Waals surface area contributed by atoms with E-state index in [1.165, 1.54) is 0 Å². The lowest BCUT2D eigenvalue weighted by Gasteiger charge is -2.11. The number of hydrogen-bond acceptors (Lipinski definition) is 3. The highest BCUT2D eigenvalue weighted by Gasteiger charge is 2.32. The van der Waals surface area contributed by atoms with Gasteiger partial charge < -0.3 is 4.98 Å². The molecule has 0 bridgehead atoms. The zero-order chi connectivity index (χ0) is 14.4. The predicted molar refractivity (Wildman–Crippen MR) is 77.3 cm³/mol. The lowest BCUT2D eigenvalue weighted by molar-refractivity contribution is 0.0974. The number of ketones is 2. The Kier molecular flexibility index (Phi) is 2.38. The number of carbonyl (C=O) groups excluding carboxylic acids is 2. The molecule has 21 heavy (non-hydrogen) atoms. The molecule has 0 saturated heterocycles. The van der Waals surface area contributed by atoms with Gasteiger partial charge in [-0.3, -0.25) is 9.59 Å². The summed E-state index contributed by atoms with van der Waals surface area (Å²) in [6.45, 7) is 0. The summed E-state index contributed by atoms with van der Waals surface area (Å²) in [4.78, 5) is 32.3. The minimum atomic E-state index is -0.210. The van der Waals surface area contributed by atoms with Crippen molar-refractivity contribution in [3.8, 4) is 11.4 Å². The minimum Gasteiger partial charge on any atom is -0.335 e. The molecule has 0 fully saturated rings. The minimum absolute atomic E-state index is 0.185. The molecule has 4 rings (SSSR count). The fourth-order valence-electron chi connectivity index (χ4n) is 2.58. The molecular weight excluding hydrogens is 264 g/mol. The molecule has 0 saturated carbocycles. The van der Waals surface area contributed by atoms with Crippen LogP contribution in [0.15, 0.2) is 54.6 Å². The number of H-pyrrole nitrogens is 1. The highest BCUT2D eigenvalue weighted by atomic mass is 16.1. The molecule has 1 aliphatic carbocycles. The Hall–Kier alpha value is -3.01. The fourth-order valence-corrected chi connectivity index (χ4v) is 2.58. The maximum absolute atomic E-state index is 12.5. The Labute approximate surface area is 120 Å². The van der Waals surface area contributed by atoms with Gasteiger partial charge >= 0.3 is 0 Å². The Bertz CT molecular complexity index is 826. The Morgan fingerprint density at radius 2 is 1.38 bits per heavy atom. The van der Waals surface area contributed by atoms with E-state index in [9.17, 15) is 9.59 Å². The SMILES string of the molecule is O=C1c2ccccc2C(=O)c2[nH]c(-c3ccccc3)nc21. The molecule has 1 aromatic heterocycles. The topological polar surface area (TPSA) is 62.8 Å². The standard InChI is InChI=1S/C17H10N2O2/c20-15-11-8-4-5-9-12(11)16(21)14-13(15)18-17(19-14)10-6-2-1-3-7-10/h1-9H,(H,18,19). The summed E-state index contributed by atoms with van der Waals surface area (Å²) in [5.41, 5.74) is 2.17. The zero-order valence-electron chi connectivity index (χ0n) is 11.0. The number of nitrogens with one attached hydrogen (secondary N) is 1. The van der Waals surface area contributed by atoms with Crippen LogP contribution in [0.1, 0.15) is 32.1 Å². The van der Waals surface area contributed by atoms with Gasteiger partial charge in [-0.15, -0.1) is 0 Å². The average molecular weight is 274 g/mol. The first-order valence-corrected chi connectivity index (χ1v) is 6.59. The van der Waals surface area contributed by atoms with Gasteiger partial charge in [0.1, 0.15) is 17.2 Å². The summed E-state index contributed by atoms with van der Waals surface area (Å²) in [6, 6.07) is 16.3. The quantitative estimate of drug-likeness (QED) is 0.580. The average Bonchev–Trinajstić information content (AvgIpc) is 2.99. The van der Waals surface area contributed by atoms with Crippen LogP contribution in [0.25, 0.3) is 11.4 Å². The van der Waals surface area contributed by atoms with Gasteiger partial charge in [-0.05, 0) is 0 Å². The molecule has 0 amide bonds. The number of benzene rings is 2. The molecule has 4 nitrogen and oxygen atoms in total. The third-order valence-corrected chi connectivity index (χ3v) is 3.61. The van der Waals surface area contributed by atoms with Crippen LogP contribution in [0.4, 0.5) is 0 Å². The summed E-state index contributed by atoms with van der Waals surface area (Å²) in [6.07, 6.45) is 0. The van der Waals surface area contributed by atoms with E-state index in [4.69, 9.17) is 0 Å². The zero-order valence-corrected chi connectivity index (χ0v) is 11.0. The Balaban J connectivity index is 1.92. The van der Waals surface area contributed by atoms with E-state index in [0.29, 0.717) is 17.0 Å². The van der Waals surface area contributed by atoms with E-state index in [0.717, 1.165) is 5.56 Å². The fraction of sp³-hybridized carbons (Fsp3) is 0. The molecule has 2 aromatic carbocycles. The molecule has 1 aliphatic rings. The molecule has 0 atom stereocenters. The van der Waals surface area contributed by atoms with Crippen molar-refractivity contribution >= 4 is 11.6 Å². The van der Waals surface area contributed by atoms with Gasteiger partial charge in [0.05, 0.1) is 0 Å². The smallest absolute Gasteiger partial charge is 0.214 e. The predicted octanol–water partition coefficient (Wildman–Crippen LogP) is 2.85. The van der Waals surface area contributed by atoms with Crippen molar-refractivity contribution < 1.29 is 9.59 Å². The van der Waals surface area contributed by atoms with Crippen LogP contribution in [0.5, 0.6) is 0 Å². The number of aromatic amines is 1. The van der Waals surface area contributed by atoms with Gasteiger partial charge in [0.15, 0.2) is 0 Å². The Morgan fingerprint density at radius 3 is 2.10 bits per heavy atom. The lowest BCUT2D eigenvalue weighted by Crippen LogP contribution is -2.20. The van der Waals surface area contributed by atoms with Crippen molar-refractivity contribution in [3.05, 3.63) is 77.1 Å². The van der Waals surface area contributed by atoms with Crippen LogP contribution in [0.2, 0.25) is 0 Å². The van der Waals surface area contributed by atoms with Crippen molar-refractivity contribution in [2.75, 3.05) is 0 Å². The summed E-state index contributed by atoms with van der Waals surface area (Å²) >= 11 is 0. The van der Waals surface area contributed by atoms with Crippen LogP contribution < -0.4 is 0 Å². The first-order valence-electron chi connectivity index (χ1n) is 6.59. The molecule has 1 heterocycles. The van der Waals surface area contributed by atoms with E-state index in [1.54, 1.807) is 24.3 Å². The second-order valence-electron chi connectivity index (χ2n) is 4.88. The second-order valence-corrected chi connectivity index (χ2v) is 4.88. The number of nitrogens with zero attached hydrogens (tertiary/aromatic N) is 1. The van der Waals surface area contributed by atoms with Gasteiger partial charge in [-0.2, -0.15) is 0 Å². The van der Waals surface area contributed by atoms with E-state index < -0.39 is 0 Å². The monoisotopic (exact) mass is 274 g/mol. The van der Waals surface area contributed by atoms with Crippen molar-refractivity contribution in [1.29, 1.82) is 0 Å². The molecule has 4 heteroatoms. The molecule has 0 unspecified atom stereocenters. The van der Waals surface area contributed by atoms with E-state index >= 15 is 0 Å². The number of carbonyl (C=O) groups is 2. The van der Waals surface area contributed by atoms with Crippen molar-refractivity contribution in [2.24, 2.45) is 0 Å². The van der Waals surface area contributed by atoms with E-state index in [2.05, 4.69) is 9.97 Å². The van der Waals surface area contributed by atoms with Gasteiger partial charge in [-0.1, -0.05) is 54.6 Å². The van der Waals surface area contributed by atoms with Gasteiger partial charge in [0.25, 0.3) is 0 Å². The highest BCUT2D eigenvalue weighted by Crippen LogP contribution is 2.28. The maximum Gasteiger partial charge on any atom is 0.214 e. The normalized spacial score (nSPS) is 13.0. The van der Waals surface area contributed by atoms with Crippen LogP contribution in [0, 0.1) is 0 Å². The number of rotatable bonds is 1. The second kappa shape index (κ2) is 4.24. The molecule has 0 aliphatic heterocycles. The van der Waals surface area contributed by atoms with Gasteiger partial charge in [0, 0.05) is 16.7 Å². The summed E-state index contributed by atoms with van der Waals surface area (Å²) in [7, 11) is 0. The number of hydrogen-bond donors (Lipinski definition) is 1. The van der Waals surface area contributed by atoms with E-state index in [-0.39, 0.29) is 23.0 Å². The first kappa shape index (κ1) is 11.8. The van der Waals surface area contributed by atoms with Crippen LogP contribution in [-0.4, -0.2) is 21.5 Å². The largest absolute Gasteiger partial charge is 0.335 e. The third kappa shape index (κ3) is 1.66. The third-order valence-electron chi connectivity index (χ3n) is 3.61. The number of aromatic nitrogens is 2. The number of imidazole rings is 1. The van der Waals surface area contributed by atoms with Crippen LogP contribution >= 0.6 is 0 Å². The first-order chi connectivity index (χ1) is 10.3. The Morgan fingerprint density at radius 1 is 0.762 bits per heavy atom. The van der Waals surface area contributed by atoms with Crippen LogP contribution in [0.3, 0.4) is 0 Å². The highest BCUT2D eigenvalue weighted by molar-refractivity contribution is 6.27. The molecule has 0 spiro atoms. The summed E-state index contributed by atoms with van der Waals surface area (Å²) < 4.78 is 0. The molecule has 3 aromatic rings. The van der Waals surface area contributed by atoms with Crippen molar-refractivity contribution in [1.82, 2.24) is 9.97 Å². The molecular formula is C17H10N2O2. The summed E-state index contributed by atoms with van der Waals surface area (Å²) in [5, 5.41) is 0. The van der Waals surface area contributed by atoms with Crippen LogP contribution in [-0.2, 0) is 0 Å². The van der Waals surface area contributed by atoms with Gasteiger partial charge in [0.2, 0.25) is 11.6 Å². The molecule has 1 N–H and O–H groups in total. The van der Waals surface area contributed by atoms with E-state index in [1.807, 2.05) is 30.3 Å². The van der Waals surface area contributed by atoms with Crippen molar-refractivity contribution in [2.45, 2.75) is 0 Å². The van der Waals surface area contributed by atoms with Crippen molar-refractivity contribution in [3.63, 3.8) is 0 Å². The lowest BCUT2D eigenvalue weighted by atomic mass is 9.90. The maximum atomic E-state index is 12.5. The molecule has 100 valence electrons. The number of fused-ring (bicyclic) bond motifs is 2. The summed E-state index contributed by atoms with van der Waals surface area (Å²) in [5.74, 6) is 0.142. The van der Waals surface area contributed by atoms with Gasteiger partial charge in [-0.25, -0.2) is 4.98 Å².